The SMILES string of the molecule is CC(C)ONC(=O)c1cn(-c2ccc3c(c2)CCC3)c2nc(Nc3ccc(S(=O)(=O)N(C)C)cc3)ncc2c1=O. The summed E-state index contributed by atoms with van der Waals surface area (Å²) in [5.74, 6) is -0.462. The zero-order valence-electron chi connectivity index (χ0n) is 22.6. The second kappa shape index (κ2) is 10.8. The van der Waals surface area contributed by atoms with Crippen LogP contribution in [-0.2, 0) is 27.7 Å². The molecule has 2 N–H and O–H groups in total. The first-order chi connectivity index (χ1) is 19.0. The summed E-state index contributed by atoms with van der Waals surface area (Å²) in [4.78, 5) is 40.5. The Morgan fingerprint density at radius 1 is 1.07 bits per heavy atom. The van der Waals surface area contributed by atoms with Gasteiger partial charge in [0.25, 0.3) is 5.91 Å². The van der Waals surface area contributed by atoms with Gasteiger partial charge in [0.2, 0.25) is 21.4 Å². The molecule has 0 spiro atoms. The lowest BCUT2D eigenvalue weighted by Gasteiger charge is -2.15. The quantitative estimate of drug-likeness (QED) is 0.312. The molecule has 2 heterocycles. The average Bonchev–Trinajstić information content (AvgIpc) is 3.40. The number of benzene rings is 2. The monoisotopic (exact) mass is 562 g/mol. The van der Waals surface area contributed by atoms with Crippen molar-refractivity contribution in [2.45, 2.75) is 44.1 Å². The van der Waals surface area contributed by atoms with E-state index >= 15 is 0 Å². The van der Waals surface area contributed by atoms with Gasteiger partial charge < -0.3 is 9.88 Å². The van der Waals surface area contributed by atoms with Crippen LogP contribution in [-0.4, -0.2) is 53.4 Å². The largest absolute Gasteiger partial charge is 0.324 e. The summed E-state index contributed by atoms with van der Waals surface area (Å²) in [5, 5.41) is 3.23. The molecule has 12 heteroatoms. The molecule has 1 amide bonds. The van der Waals surface area contributed by atoms with E-state index in [-0.39, 0.29) is 27.9 Å². The molecule has 208 valence electrons. The predicted octanol–water partition coefficient (Wildman–Crippen LogP) is 3.33. The van der Waals surface area contributed by atoms with Crippen molar-refractivity contribution in [1.29, 1.82) is 0 Å². The Kier molecular flexibility index (Phi) is 7.41. The fourth-order valence-electron chi connectivity index (χ4n) is 4.51. The van der Waals surface area contributed by atoms with Crippen LogP contribution in [0.5, 0.6) is 0 Å². The normalized spacial score (nSPS) is 13.2. The van der Waals surface area contributed by atoms with Crippen LogP contribution in [0.2, 0.25) is 0 Å². The number of nitrogens with zero attached hydrogens (tertiary/aromatic N) is 4. The number of aromatic nitrogens is 3. The van der Waals surface area contributed by atoms with Crippen LogP contribution in [0.3, 0.4) is 0 Å². The number of aryl methyl sites for hydroxylation is 2. The Balaban J connectivity index is 1.58. The van der Waals surface area contributed by atoms with Crippen molar-refractivity contribution >= 4 is 38.6 Å². The third-order valence-corrected chi connectivity index (χ3v) is 8.45. The number of sulfonamides is 1. The van der Waals surface area contributed by atoms with E-state index in [9.17, 15) is 18.0 Å². The zero-order valence-corrected chi connectivity index (χ0v) is 23.4. The Bertz CT molecular complexity index is 1760. The van der Waals surface area contributed by atoms with Gasteiger partial charge in [-0.15, -0.1) is 0 Å². The summed E-state index contributed by atoms with van der Waals surface area (Å²) in [5.41, 5.74) is 5.85. The van der Waals surface area contributed by atoms with Gasteiger partial charge in [-0.2, -0.15) is 4.98 Å². The fourth-order valence-corrected chi connectivity index (χ4v) is 5.42. The molecule has 0 aliphatic heterocycles. The van der Waals surface area contributed by atoms with Crippen molar-refractivity contribution in [1.82, 2.24) is 24.3 Å². The number of hydrogen-bond donors (Lipinski definition) is 2. The molecule has 0 unspecified atom stereocenters. The molecule has 1 aliphatic rings. The van der Waals surface area contributed by atoms with Crippen molar-refractivity contribution in [2.75, 3.05) is 19.4 Å². The smallest absolute Gasteiger partial charge is 0.280 e. The number of hydroxylamine groups is 1. The molecule has 40 heavy (non-hydrogen) atoms. The van der Waals surface area contributed by atoms with Crippen molar-refractivity contribution in [2.24, 2.45) is 0 Å². The number of fused-ring (bicyclic) bond motifs is 2. The van der Waals surface area contributed by atoms with Crippen molar-refractivity contribution in [3.05, 3.63) is 81.8 Å². The highest BCUT2D eigenvalue weighted by molar-refractivity contribution is 7.89. The highest BCUT2D eigenvalue weighted by Crippen LogP contribution is 2.26. The molecule has 11 nitrogen and oxygen atoms in total. The van der Waals surface area contributed by atoms with Crippen molar-refractivity contribution in [3.8, 4) is 5.69 Å². The summed E-state index contributed by atoms with van der Waals surface area (Å²) in [6.07, 6.45) is 5.63. The van der Waals surface area contributed by atoms with Gasteiger partial charge in [-0.25, -0.2) is 23.2 Å². The van der Waals surface area contributed by atoms with Gasteiger partial charge in [0.1, 0.15) is 5.56 Å². The molecular formula is C28H30N6O5S. The van der Waals surface area contributed by atoms with Gasteiger partial charge in [0, 0.05) is 37.9 Å². The van der Waals surface area contributed by atoms with Crippen LogP contribution >= 0.6 is 0 Å². The lowest BCUT2D eigenvalue weighted by Crippen LogP contribution is -2.32. The van der Waals surface area contributed by atoms with Crippen LogP contribution in [0.1, 0.15) is 41.8 Å². The molecule has 2 aromatic heterocycles. The van der Waals surface area contributed by atoms with Crippen LogP contribution in [0, 0.1) is 0 Å². The second-order valence-electron chi connectivity index (χ2n) is 10.0. The van der Waals surface area contributed by atoms with Gasteiger partial charge in [-0.05, 0) is 80.6 Å². The molecule has 0 radical (unpaired) electrons. The number of nitrogens with one attached hydrogen (secondary N) is 2. The van der Waals surface area contributed by atoms with E-state index in [0.29, 0.717) is 11.3 Å². The molecule has 5 rings (SSSR count). The van der Waals surface area contributed by atoms with Crippen LogP contribution in [0.15, 0.2) is 64.5 Å². The highest BCUT2D eigenvalue weighted by Gasteiger charge is 2.21. The number of hydrogen-bond acceptors (Lipinski definition) is 8. The summed E-state index contributed by atoms with van der Waals surface area (Å²) < 4.78 is 27.6. The van der Waals surface area contributed by atoms with Crippen molar-refractivity contribution in [3.63, 3.8) is 0 Å². The fraction of sp³-hybridized carbons (Fsp3) is 0.286. The summed E-state index contributed by atoms with van der Waals surface area (Å²) in [6.45, 7) is 3.53. The Labute approximate surface area is 231 Å². The first-order valence-electron chi connectivity index (χ1n) is 12.8. The third-order valence-electron chi connectivity index (χ3n) is 6.63. The van der Waals surface area contributed by atoms with Gasteiger partial charge in [0.15, 0.2) is 5.65 Å². The van der Waals surface area contributed by atoms with Gasteiger partial charge in [-0.3, -0.25) is 14.4 Å². The molecule has 0 saturated heterocycles. The number of rotatable bonds is 8. The van der Waals surface area contributed by atoms with Gasteiger partial charge in [0.05, 0.1) is 16.4 Å². The van der Waals surface area contributed by atoms with E-state index in [4.69, 9.17) is 4.84 Å². The predicted molar refractivity (Wildman–Crippen MR) is 151 cm³/mol. The maximum absolute atomic E-state index is 13.4. The third kappa shape index (κ3) is 5.33. The molecule has 0 fully saturated rings. The van der Waals surface area contributed by atoms with Crippen LogP contribution < -0.4 is 16.2 Å². The number of carbonyl (C=O) groups is 1. The summed E-state index contributed by atoms with van der Waals surface area (Å²) >= 11 is 0. The molecule has 2 aromatic carbocycles. The average molecular weight is 563 g/mol. The molecule has 0 atom stereocenters. The minimum atomic E-state index is -3.57. The molecule has 0 bridgehead atoms. The number of carbonyl (C=O) groups excluding carboxylic acids is 1. The van der Waals surface area contributed by atoms with Crippen LogP contribution in [0.25, 0.3) is 16.7 Å². The maximum Gasteiger partial charge on any atom is 0.280 e. The Morgan fingerprint density at radius 2 is 1.80 bits per heavy atom. The first kappa shape index (κ1) is 27.4. The minimum absolute atomic E-state index is 0.101. The van der Waals surface area contributed by atoms with E-state index in [1.165, 1.54) is 49.7 Å². The van der Waals surface area contributed by atoms with Crippen LogP contribution in [0.4, 0.5) is 11.6 Å². The zero-order chi connectivity index (χ0) is 28.6. The van der Waals surface area contributed by atoms with E-state index in [0.717, 1.165) is 29.3 Å². The lowest BCUT2D eigenvalue weighted by molar-refractivity contribution is 0.0000943. The van der Waals surface area contributed by atoms with Gasteiger partial charge >= 0.3 is 0 Å². The van der Waals surface area contributed by atoms with Crippen molar-refractivity contribution < 1.29 is 18.0 Å². The Hall–Kier alpha value is -4.13. The topological polar surface area (TPSA) is 136 Å². The molecule has 4 aromatic rings. The van der Waals surface area contributed by atoms with E-state index in [1.54, 1.807) is 30.5 Å². The maximum atomic E-state index is 13.4. The standard InChI is InChI=1S/C28H30N6O5S/c1-17(2)39-32-27(36)24-16-34(21-11-8-18-6-5-7-19(18)14-21)26-23(25(24)35)15-29-28(31-26)30-20-9-12-22(13-10-20)40(37,38)33(3)4/h8-17H,5-7H2,1-4H3,(H,32,36)(H,29,30,31). The molecule has 0 saturated carbocycles. The van der Waals surface area contributed by atoms with E-state index in [1.807, 2.05) is 6.07 Å². The molecular weight excluding hydrogens is 532 g/mol. The van der Waals surface area contributed by atoms with Gasteiger partial charge in [-0.1, -0.05) is 6.07 Å². The first-order valence-corrected chi connectivity index (χ1v) is 14.3. The number of anilines is 2. The summed E-state index contributed by atoms with van der Waals surface area (Å²) in [7, 11) is -0.627. The second-order valence-corrected chi connectivity index (χ2v) is 12.2. The highest BCUT2D eigenvalue weighted by atomic mass is 32.2. The number of pyridine rings is 1. The summed E-state index contributed by atoms with van der Waals surface area (Å²) in [6, 6.07) is 12.3. The number of amides is 1. The Morgan fingerprint density at radius 3 is 2.50 bits per heavy atom. The van der Waals surface area contributed by atoms with E-state index in [2.05, 4.69) is 32.9 Å². The minimum Gasteiger partial charge on any atom is -0.324 e. The molecule has 1 aliphatic carbocycles. The lowest BCUT2D eigenvalue weighted by atomic mass is 10.1. The van der Waals surface area contributed by atoms with E-state index < -0.39 is 21.4 Å².